The molecule has 104 valence electrons. The molecule has 0 amide bonds. The SMILES string of the molecule is CCCCOc1nc(C)nc(Cl)c1N=C1NCCN1. The lowest BCUT2D eigenvalue weighted by molar-refractivity contribution is 0.298. The first-order chi connectivity index (χ1) is 9.20. The minimum absolute atomic E-state index is 0.307. The Balaban J connectivity index is 2.25. The van der Waals surface area contributed by atoms with Gasteiger partial charge in [-0.15, -0.1) is 0 Å². The third kappa shape index (κ3) is 3.70. The molecule has 0 aromatic carbocycles. The number of halogens is 1. The van der Waals surface area contributed by atoms with Crippen LogP contribution in [0.5, 0.6) is 5.88 Å². The van der Waals surface area contributed by atoms with Gasteiger partial charge in [0.05, 0.1) is 6.61 Å². The zero-order valence-corrected chi connectivity index (χ0v) is 11.9. The van der Waals surface area contributed by atoms with Crippen LogP contribution in [-0.4, -0.2) is 35.6 Å². The van der Waals surface area contributed by atoms with Crippen LogP contribution in [0.4, 0.5) is 5.69 Å². The van der Waals surface area contributed by atoms with Crippen LogP contribution in [0.1, 0.15) is 25.6 Å². The van der Waals surface area contributed by atoms with Gasteiger partial charge in [0.1, 0.15) is 5.82 Å². The van der Waals surface area contributed by atoms with Crippen LogP contribution in [0.3, 0.4) is 0 Å². The summed E-state index contributed by atoms with van der Waals surface area (Å²) in [5.41, 5.74) is 0.472. The minimum atomic E-state index is 0.307. The molecule has 7 heteroatoms. The van der Waals surface area contributed by atoms with Crippen molar-refractivity contribution in [1.29, 1.82) is 0 Å². The van der Waals surface area contributed by atoms with E-state index in [1.807, 2.05) is 0 Å². The van der Waals surface area contributed by atoms with E-state index in [1.54, 1.807) is 6.92 Å². The van der Waals surface area contributed by atoms with Crippen LogP contribution in [0.25, 0.3) is 0 Å². The molecule has 2 heterocycles. The summed E-state index contributed by atoms with van der Waals surface area (Å²) in [7, 11) is 0. The van der Waals surface area contributed by atoms with Gasteiger partial charge in [-0.25, -0.2) is 9.98 Å². The van der Waals surface area contributed by atoms with Crippen LogP contribution in [0.15, 0.2) is 4.99 Å². The highest BCUT2D eigenvalue weighted by Gasteiger charge is 2.15. The van der Waals surface area contributed by atoms with E-state index in [9.17, 15) is 0 Å². The Labute approximate surface area is 117 Å². The van der Waals surface area contributed by atoms with Crippen LogP contribution >= 0.6 is 11.6 Å². The van der Waals surface area contributed by atoms with Crippen molar-refractivity contribution in [2.24, 2.45) is 4.99 Å². The van der Waals surface area contributed by atoms with Gasteiger partial charge >= 0.3 is 0 Å². The lowest BCUT2D eigenvalue weighted by Gasteiger charge is -2.09. The highest BCUT2D eigenvalue weighted by molar-refractivity contribution is 6.32. The van der Waals surface area contributed by atoms with Gasteiger partial charge in [0.2, 0.25) is 5.88 Å². The molecule has 2 rings (SSSR count). The van der Waals surface area contributed by atoms with Crippen LogP contribution in [-0.2, 0) is 0 Å². The predicted molar refractivity (Wildman–Crippen MR) is 75.3 cm³/mol. The van der Waals surface area contributed by atoms with E-state index in [2.05, 4.69) is 32.5 Å². The van der Waals surface area contributed by atoms with Crippen molar-refractivity contribution in [2.45, 2.75) is 26.7 Å². The molecule has 0 atom stereocenters. The number of aliphatic imine (C=N–C) groups is 1. The molecule has 2 N–H and O–H groups in total. The van der Waals surface area contributed by atoms with Crippen molar-refractivity contribution in [3.8, 4) is 5.88 Å². The Hall–Kier alpha value is -1.56. The molecule has 0 saturated carbocycles. The summed E-state index contributed by atoms with van der Waals surface area (Å²) in [6, 6.07) is 0. The molecule has 1 aliphatic heterocycles. The summed E-state index contributed by atoms with van der Waals surface area (Å²) >= 11 is 6.13. The highest BCUT2D eigenvalue weighted by atomic mass is 35.5. The number of nitrogens with one attached hydrogen (secondary N) is 2. The quantitative estimate of drug-likeness (QED) is 0.637. The van der Waals surface area contributed by atoms with E-state index in [0.29, 0.717) is 35.1 Å². The highest BCUT2D eigenvalue weighted by Crippen LogP contribution is 2.32. The van der Waals surface area contributed by atoms with Gasteiger partial charge in [0, 0.05) is 13.1 Å². The van der Waals surface area contributed by atoms with Crippen molar-refractivity contribution >= 4 is 23.2 Å². The number of rotatable bonds is 5. The standard InChI is InChI=1S/C12H18ClN5O/c1-3-4-7-19-11-9(10(13)16-8(2)17-11)18-12-14-5-6-15-12/h3-7H2,1-2H3,(H2,14,15,18). The van der Waals surface area contributed by atoms with Gasteiger partial charge in [0.15, 0.2) is 16.8 Å². The smallest absolute Gasteiger partial charge is 0.245 e. The van der Waals surface area contributed by atoms with Crippen molar-refractivity contribution in [3.05, 3.63) is 11.0 Å². The zero-order valence-electron chi connectivity index (χ0n) is 11.2. The first-order valence-electron chi connectivity index (χ1n) is 6.44. The first kappa shape index (κ1) is 13.9. The first-order valence-corrected chi connectivity index (χ1v) is 6.82. The molecule has 0 radical (unpaired) electrons. The number of aromatic nitrogens is 2. The summed E-state index contributed by atoms with van der Waals surface area (Å²) < 4.78 is 5.65. The summed E-state index contributed by atoms with van der Waals surface area (Å²) in [5.74, 6) is 1.69. The van der Waals surface area contributed by atoms with Crippen molar-refractivity contribution in [1.82, 2.24) is 20.6 Å². The Morgan fingerprint density at radius 1 is 1.32 bits per heavy atom. The summed E-state index contributed by atoms with van der Waals surface area (Å²) in [6.07, 6.45) is 2.03. The van der Waals surface area contributed by atoms with Crippen molar-refractivity contribution < 1.29 is 4.74 Å². The number of guanidine groups is 1. The van der Waals surface area contributed by atoms with Gasteiger partial charge in [-0.3, -0.25) is 0 Å². The van der Waals surface area contributed by atoms with E-state index in [0.717, 1.165) is 25.9 Å². The summed E-state index contributed by atoms with van der Waals surface area (Å²) in [4.78, 5) is 12.8. The number of ether oxygens (including phenoxy) is 1. The fourth-order valence-corrected chi connectivity index (χ4v) is 1.88. The molecule has 19 heavy (non-hydrogen) atoms. The molecule has 0 spiro atoms. The Kier molecular flexibility index (Phi) is 4.79. The van der Waals surface area contributed by atoms with E-state index in [-0.39, 0.29) is 0 Å². The monoisotopic (exact) mass is 283 g/mol. The average molecular weight is 284 g/mol. The molecular weight excluding hydrogens is 266 g/mol. The summed E-state index contributed by atoms with van der Waals surface area (Å²) in [5, 5.41) is 6.53. The summed E-state index contributed by atoms with van der Waals surface area (Å²) in [6.45, 7) is 6.17. The van der Waals surface area contributed by atoms with Crippen molar-refractivity contribution in [2.75, 3.05) is 19.7 Å². The third-order valence-corrected chi connectivity index (χ3v) is 2.85. The number of aryl methyl sites for hydroxylation is 1. The Morgan fingerprint density at radius 3 is 2.74 bits per heavy atom. The maximum atomic E-state index is 6.13. The second kappa shape index (κ2) is 6.56. The van der Waals surface area contributed by atoms with Gasteiger partial charge in [-0.1, -0.05) is 24.9 Å². The predicted octanol–water partition coefficient (Wildman–Crippen LogP) is 1.80. The van der Waals surface area contributed by atoms with Crippen molar-refractivity contribution in [3.63, 3.8) is 0 Å². The minimum Gasteiger partial charge on any atom is -0.476 e. The van der Waals surface area contributed by atoms with Crippen LogP contribution in [0, 0.1) is 6.92 Å². The lowest BCUT2D eigenvalue weighted by atomic mass is 10.4. The molecule has 1 fully saturated rings. The molecule has 0 unspecified atom stereocenters. The lowest BCUT2D eigenvalue weighted by Crippen LogP contribution is -2.23. The Bertz CT molecular complexity index is 469. The average Bonchev–Trinajstić information content (AvgIpc) is 2.86. The zero-order chi connectivity index (χ0) is 13.7. The van der Waals surface area contributed by atoms with E-state index >= 15 is 0 Å². The second-order valence-electron chi connectivity index (χ2n) is 4.23. The molecule has 0 bridgehead atoms. The number of hydrogen-bond acceptors (Lipinski definition) is 4. The van der Waals surface area contributed by atoms with Gasteiger partial charge in [-0.05, 0) is 13.3 Å². The number of unbranched alkanes of at least 4 members (excludes halogenated alkanes) is 1. The molecule has 1 aromatic rings. The van der Waals surface area contributed by atoms with Crippen LogP contribution in [0.2, 0.25) is 5.15 Å². The van der Waals surface area contributed by atoms with Gasteiger partial charge in [0.25, 0.3) is 0 Å². The molecule has 1 aromatic heterocycles. The topological polar surface area (TPSA) is 71.4 Å². The second-order valence-corrected chi connectivity index (χ2v) is 4.59. The number of nitrogens with zero attached hydrogens (tertiary/aromatic N) is 3. The fraction of sp³-hybridized carbons (Fsp3) is 0.583. The van der Waals surface area contributed by atoms with Gasteiger partial charge < -0.3 is 15.4 Å². The third-order valence-electron chi connectivity index (χ3n) is 2.59. The van der Waals surface area contributed by atoms with E-state index < -0.39 is 0 Å². The molecular formula is C12H18ClN5O. The maximum absolute atomic E-state index is 6.13. The number of hydrogen-bond donors (Lipinski definition) is 2. The largest absolute Gasteiger partial charge is 0.476 e. The molecule has 6 nitrogen and oxygen atoms in total. The Morgan fingerprint density at radius 2 is 2.05 bits per heavy atom. The van der Waals surface area contributed by atoms with E-state index in [4.69, 9.17) is 16.3 Å². The molecule has 1 saturated heterocycles. The fourth-order valence-electron chi connectivity index (χ4n) is 1.63. The normalized spacial score (nSPS) is 13.9. The van der Waals surface area contributed by atoms with Gasteiger partial charge in [-0.2, -0.15) is 4.98 Å². The molecule has 1 aliphatic rings. The van der Waals surface area contributed by atoms with E-state index in [1.165, 1.54) is 0 Å². The maximum Gasteiger partial charge on any atom is 0.245 e. The molecule has 0 aliphatic carbocycles. The van der Waals surface area contributed by atoms with Crippen LogP contribution < -0.4 is 15.4 Å².